The normalized spacial score (nSPS) is 18.6. The molecule has 0 aliphatic heterocycles. The Morgan fingerprint density at radius 2 is 1.74 bits per heavy atom. The summed E-state index contributed by atoms with van der Waals surface area (Å²) < 4.78 is 5.09. The Balaban J connectivity index is 1.75. The van der Waals surface area contributed by atoms with Crippen molar-refractivity contribution in [2.75, 3.05) is 7.05 Å². The van der Waals surface area contributed by atoms with Crippen LogP contribution in [-0.2, 0) is 0 Å². The Morgan fingerprint density at radius 1 is 1.21 bits per heavy atom. The molecule has 1 aromatic rings. The highest BCUT2D eigenvalue weighted by Gasteiger charge is 2.45. The smallest absolute Gasteiger partial charge is 0.371 e. The van der Waals surface area contributed by atoms with E-state index in [1.807, 2.05) is 0 Å². The summed E-state index contributed by atoms with van der Waals surface area (Å²) in [6.07, 6.45) is 4.77. The predicted octanol–water partition coefficient (Wildman–Crippen LogP) is 2.24. The third-order valence-corrected chi connectivity index (χ3v) is 4.01. The molecular weight excluding hydrogens is 246 g/mol. The standard InChI is InChI=1S/C14H17NO4/c1-15(12(8-2-3-8)9-4-5-9)13(16)10-6-7-11(19-10)14(17)18/h6-9,12H,2-5H2,1H3,(H,17,18). The van der Waals surface area contributed by atoms with E-state index in [1.165, 1.54) is 37.8 Å². The van der Waals surface area contributed by atoms with E-state index in [1.54, 1.807) is 11.9 Å². The minimum atomic E-state index is -1.15. The second kappa shape index (κ2) is 4.40. The Morgan fingerprint density at radius 3 is 2.16 bits per heavy atom. The lowest BCUT2D eigenvalue weighted by Crippen LogP contribution is -2.39. The zero-order valence-electron chi connectivity index (χ0n) is 10.8. The maximum atomic E-state index is 12.3. The van der Waals surface area contributed by atoms with Gasteiger partial charge in [0.15, 0.2) is 5.76 Å². The maximum Gasteiger partial charge on any atom is 0.371 e. The van der Waals surface area contributed by atoms with Crippen molar-refractivity contribution < 1.29 is 19.1 Å². The molecule has 0 bridgehead atoms. The van der Waals surface area contributed by atoms with Crippen molar-refractivity contribution in [1.29, 1.82) is 0 Å². The molecule has 2 fully saturated rings. The molecule has 19 heavy (non-hydrogen) atoms. The molecule has 1 aromatic heterocycles. The van der Waals surface area contributed by atoms with Gasteiger partial charge in [-0.1, -0.05) is 0 Å². The molecule has 5 heteroatoms. The number of nitrogens with zero attached hydrogens (tertiary/aromatic N) is 1. The van der Waals surface area contributed by atoms with Gasteiger partial charge >= 0.3 is 5.97 Å². The number of carbonyl (C=O) groups is 2. The molecule has 5 nitrogen and oxygen atoms in total. The van der Waals surface area contributed by atoms with Crippen LogP contribution in [0.5, 0.6) is 0 Å². The van der Waals surface area contributed by atoms with Gasteiger partial charge in [-0.3, -0.25) is 4.79 Å². The molecule has 1 N–H and O–H groups in total. The lowest BCUT2D eigenvalue weighted by atomic mass is 10.1. The molecule has 0 spiro atoms. The van der Waals surface area contributed by atoms with Gasteiger partial charge in [0.1, 0.15) is 0 Å². The molecular formula is C14H17NO4. The van der Waals surface area contributed by atoms with Crippen molar-refractivity contribution in [1.82, 2.24) is 4.90 Å². The zero-order chi connectivity index (χ0) is 13.6. The van der Waals surface area contributed by atoms with E-state index >= 15 is 0 Å². The molecule has 0 radical (unpaired) electrons. The number of aromatic carboxylic acids is 1. The van der Waals surface area contributed by atoms with E-state index in [9.17, 15) is 9.59 Å². The lowest BCUT2D eigenvalue weighted by Gasteiger charge is -2.27. The molecule has 0 aromatic carbocycles. The number of hydrogen-bond donors (Lipinski definition) is 1. The number of furan rings is 1. The molecule has 2 aliphatic rings. The van der Waals surface area contributed by atoms with Gasteiger partial charge in [0, 0.05) is 13.1 Å². The van der Waals surface area contributed by atoms with Gasteiger partial charge in [-0.15, -0.1) is 0 Å². The number of rotatable bonds is 5. The molecule has 2 aliphatic carbocycles. The number of amides is 1. The number of carbonyl (C=O) groups excluding carboxylic acids is 1. The summed E-state index contributed by atoms with van der Waals surface area (Å²) in [5, 5.41) is 8.81. The van der Waals surface area contributed by atoms with Crippen molar-refractivity contribution >= 4 is 11.9 Å². The lowest BCUT2D eigenvalue weighted by molar-refractivity contribution is 0.0628. The van der Waals surface area contributed by atoms with E-state index in [-0.39, 0.29) is 17.4 Å². The summed E-state index contributed by atoms with van der Waals surface area (Å²) >= 11 is 0. The molecule has 1 heterocycles. The Labute approximate surface area is 111 Å². The summed E-state index contributed by atoms with van der Waals surface area (Å²) in [5.74, 6) is -0.193. The maximum absolute atomic E-state index is 12.3. The van der Waals surface area contributed by atoms with Crippen LogP contribution in [0, 0.1) is 11.8 Å². The average molecular weight is 263 g/mol. The Kier molecular flexibility index (Phi) is 2.84. The predicted molar refractivity (Wildman–Crippen MR) is 67.0 cm³/mol. The van der Waals surface area contributed by atoms with Gasteiger partial charge < -0.3 is 14.4 Å². The van der Waals surface area contributed by atoms with Crippen LogP contribution in [0.1, 0.15) is 46.8 Å². The van der Waals surface area contributed by atoms with Crippen LogP contribution in [0.4, 0.5) is 0 Å². The largest absolute Gasteiger partial charge is 0.475 e. The molecule has 0 atom stereocenters. The fraction of sp³-hybridized carbons (Fsp3) is 0.571. The van der Waals surface area contributed by atoms with E-state index in [0.29, 0.717) is 17.9 Å². The summed E-state index contributed by atoms with van der Waals surface area (Å²) in [7, 11) is 1.80. The number of carboxylic acid groups (broad SMARTS) is 1. The summed E-state index contributed by atoms with van der Waals surface area (Å²) in [6.45, 7) is 0. The van der Waals surface area contributed by atoms with Crippen LogP contribution >= 0.6 is 0 Å². The van der Waals surface area contributed by atoms with Gasteiger partial charge in [0.2, 0.25) is 5.76 Å². The first-order valence-electron chi connectivity index (χ1n) is 6.68. The second-order valence-electron chi connectivity index (χ2n) is 5.55. The second-order valence-corrected chi connectivity index (χ2v) is 5.55. The fourth-order valence-electron chi connectivity index (χ4n) is 2.77. The van der Waals surface area contributed by atoms with E-state index in [2.05, 4.69) is 0 Å². The highest BCUT2D eigenvalue weighted by Crippen LogP contribution is 2.47. The molecule has 3 rings (SSSR count). The van der Waals surface area contributed by atoms with Crippen LogP contribution in [0.15, 0.2) is 16.5 Å². The van der Waals surface area contributed by atoms with Crippen molar-refractivity contribution in [3.8, 4) is 0 Å². The first-order valence-corrected chi connectivity index (χ1v) is 6.68. The third-order valence-electron chi connectivity index (χ3n) is 4.01. The van der Waals surface area contributed by atoms with E-state index < -0.39 is 5.97 Å². The van der Waals surface area contributed by atoms with Crippen LogP contribution < -0.4 is 0 Å². The number of carboxylic acids is 1. The minimum Gasteiger partial charge on any atom is -0.475 e. The van der Waals surface area contributed by atoms with Gasteiger partial charge in [-0.25, -0.2) is 4.79 Å². The van der Waals surface area contributed by atoms with Gasteiger partial charge in [0.25, 0.3) is 5.91 Å². The highest BCUT2D eigenvalue weighted by molar-refractivity contribution is 5.93. The minimum absolute atomic E-state index is 0.117. The zero-order valence-corrected chi connectivity index (χ0v) is 10.8. The van der Waals surface area contributed by atoms with Crippen molar-refractivity contribution in [2.45, 2.75) is 31.7 Å². The fourth-order valence-corrected chi connectivity index (χ4v) is 2.77. The average Bonchev–Trinajstić information content (AvgIpc) is 3.30. The molecule has 1 amide bonds. The van der Waals surface area contributed by atoms with Crippen LogP contribution in [-0.4, -0.2) is 35.0 Å². The quantitative estimate of drug-likeness (QED) is 0.884. The monoisotopic (exact) mass is 263 g/mol. The SMILES string of the molecule is CN(C(=O)c1ccc(C(=O)O)o1)C(C1CC1)C1CC1. The van der Waals surface area contributed by atoms with Crippen molar-refractivity contribution in [2.24, 2.45) is 11.8 Å². The van der Waals surface area contributed by atoms with E-state index in [4.69, 9.17) is 9.52 Å². The first kappa shape index (κ1) is 12.3. The molecule has 2 saturated carbocycles. The summed E-state index contributed by atoms with van der Waals surface area (Å²) in [5.41, 5.74) is 0. The van der Waals surface area contributed by atoms with Crippen LogP contribution in [0.2, 0.25) is 0 Å². The molecule has 0 saturated heterocycles. The van der Waals surface area contributed by atoms with Gasteiger partial charge in [0.05, 0.1) is 0 Å². The number of hydrogen-bond acceptors (Lipinski definition) is 3. The van der Waals surface area contributed by atoms with Crippen LogP contribution in [0.3, 0.4) is 0 Å². The van der Waals surface area contributed by atoms with Crippen molar-refractivity contribution in [3.05, 3.63) is 23.7 Å². The molecule has 0 unspecified atom stereocenters. The van der Waals surface area contributed by atoms with Gasteiger partial charge in [-0.2, -0.15) is 0 Å². The highest BCUT2D eigenvalue weighted by atomic mass is 16.4. The van der Waals surface area contributed by atoms with Gasteiger partial charge in [-0.05, 0) is 49.7 Å². The third kappa shape index (κ3) is 2.37. The first-order chi connectivity index (χ1) is 9.08. The summed E-state index contributed by atoms with van der Waals surface area (Å²) in [6, 6.07) is 3.07. The Bertz CT molecular complexity index is 501. The van der Waals surface area contributed by atoms with E-state index in [0.717, 1.165) is 0 Å². The summed E-state index contributed by atoms with van der Waals surface area (Å²) in [4.78, 5) is 24.8. The topological polar surface area (TPSA) is 70.8 Å². The van der Waals surface area contributed by atoms with Crippen LogP contribution in [0.25, 0.3) is 0 Å². The van der Waals surface area contributed by atoms with Crippen molar-refractivity contribution in [3.63, 3.8) is 0 Å². The Hall–Kier alpha value is -1.78. The molecule has 102 valence electrons.